The third-order valence-electron chi connectivity index (χ3n) is 6.27. The van der Waals surface area contributed by atoms with Crippen LogP contribution in [0.1, 0.15) is 37.4 Å². The van der Waals surface area contributed by atoms with E-state index in [1.165, 1.54) is 24.0 Å². The topological polar surface area (TPSA) is 94.6 Å². The summed E-state index contributed by atoms with van der Waals surface area (Å²) < 4.78 is 3.12. The van der Waals surface area contributed by atoms with E-state index in [-0.39, 0.29) is 5.56 Å². The average molecular weight is 406 g/mol. The molecule has 1 aliphatic carbocycles. The zero-order valence-electron chi connectivity index (χ0n) is 17.2. The van der Waals surface area contributed by atoms with E-state index < -0.39 is 0 Å². The van der Waals surface area contributed by atoms with E-state index in [1.54, 1.807) is 27.8 Å². The molecule has 0 amide bonds. The lowest BCUT2D eigenvalue weighted by atomic mass is 9.88. The van der Waals surface area contributed by atoms with Gasteiger partial charge in [0, 0.05) is 25.7 Å². The molecule has 0 aromatic carbocycles. The molecule has 9 heteroatoms. The van der Waals surface area contributed by atoms with Crippen LogP contribution in [0, 0.1) is 11.8 Å². The lowest BCUT2D eigenvalue weighted by Crippen LogP contribution is -2.37. The van der Waals surface area contributed by atoms with Crippen LogP contribution in [0.3, 0.4) is 0 Å². The third kappa shape index (κ3) is 3.83. The monoisotopic (exact) mass is 406 g/mol. The number of aromatic nitrogens is 7. The molecule has 30 heavy (non-hydrogen) atoms. The second-order valence-electron chi connectivity index (χ2n) is 8.50. The quantitative estimate of drug-likeness (QED) is 0.650. The van der Waals surface area contributed by atoms with Crippen molar-refractivity contribution in [1.82, 2.24) is 34.7 Å². The van der Waals surface area contributed by atoms with Gasteiger partial charge in [0.05, 0.1) is 5.69 Å². The summed E-state index contributed by atoms with van der Waals surface area (Å²) in [6.45, 7) is 4.77. The van der Waals surface area contributed by atoms with Gasteiger partial charge in [0.2, 0.25) is 0 Å². The summed E-state index contributed by atoms with van der Waals surface area (Å²) >= 11 is 0. The van der Waals surface area contributed by atoms with Crippen LogP contribution < -0.4 is 10.5 Å². The molecule has 0 N–H and O–H groups in total. The molecule has 1 atom stereocenters. The number of piperidine rings is 1. The maximum atomic E-state index is 12.3. The highest BCUT2D eigenvalue weighted by molar-refractivity contribution is 5.42. The van der Waals surface area contributed by atoms with Gasteiger partial charge in [-0.05, 0) is 61.6 Å². The predicted molar refractivity (Wildman–Crippen MR) is 112 cm³/mol. The number of fused-ring (bicyclic) bond motifs is 1. The Morgan fingerprint density at radius 2 is 1.97 bits per heavy atom. The van der Waals surface area contributed by atoms with E-state index >= 15 is 0 Å². The van der Waals surface area contributed by atoms with Gasteiger partial charge in [-0.2, -0.15) is 10.2 Å². The van der Waals surface area contributed by atoms with E-state index in [2.05, 4.69) is 43.3 Å². The lowest BCUT2D eigenvalue weighted by molar-refractivity contribution is 0.333. The first kappa shape index (κ1) is 18.9. The summed E-state index contributed by atoms with van der Waals surface area (Å²) in [6.07, 6.45) is 8.38. The molecule has 3 aromatic heterocycles. The van der Waals surface area contributed by atoms with Gasteiger partial charge in [0.1, 0.15) is 12.7 Å². The van der Waals surface area contributed by atoms with Gasteiger partial charge in [-0.1, -0.05) is 6.92 Å². The number of anilines is 1. The van der Waals surface area contributed by atoms with Crippen molar-refractivity contribution in [3.05, 3.63) is 52.5 Å². The highest BCUT2D eigenvalue weighted by Gasteiger charge is 2.24. The van der Waals surface area contributed by atoms with Crippen LogP contribution in [-0.4, -0.2) is 47.8 Å². The van der Waals surface area contributed by atoms with Crippen LogP contribution in [0.2, 0.25) is 0 Å². The van der Waals surface area contributed by atoms with Gasteiger partial charge in [-0.15, -0.1) is 10.2 Å². The fraction of sp³-hybridized carbons (Fsp3) is 0.524. The van der Waals surface area contributed by atoms with Gasteiger partial charge in [0.25, 0.3) is 5.56 Å². The Bertz CT molecular complexity index is 1070. The van der Waals surface area contributed by atoms with Crippen molar-refractivity contribution in [2.45, 2.75) is 45.6 Å². The number of aryl methyl sites for hydroxylation is 1. The Labute approximate surface area is 174 Å². The lowest BCUT2D eigenvalue weighted by Gasteiger charge is -2.33. The smallest absolute Gasteiger partial charge is 0.266 e. The van der Waals surface area contributed by atoms with Crippen LogP contribution in [-0.2, 0) is 19.4 Å². The first-order valence-electron chi connectivity index (χ1n) is 10.7. The molecule has 3 aromatic rings. The van der Waals surface area contributed by atoms with Crippen molar-refractivity contribution < 1.29 is 0 Å². The molecule has 9 nitrogen and oxygen atoms in total. The highest BCUT2D eigenvalue weighted by Crippen LogP contribution is 2.28. The molecule has 4 heterocycles. The van der Waals surface area contributed by atoms with E-state index in [4.69, 9.17) is 0 Å². The minimum atomic E-state index is -0.0871. The molecular weight excluding hydrogens is 380 g/mol. The summed E-state index contributed by atoms with van der Waals surface area (Å²) in [6, 6.07) is 5.46. The second kappa shape index (κ2) is 7.97. The van der Waals surface area contributed by atoms with E-state index in [9.17, 15) is 4.79 Å². The van der Waals surface area contributed by atoms with Crippen LogP contribution in [0.25, 0.3) is 5.82 Å². The zero-order valence-corrected chi connectivity index (χ0v) is 17.2. The molecule has 5 rings (SSSR count). The molecule has 0 spiro atoms. The molecule has 0 radical (unpaired) electrons. The molecule has 1 aliphatic heterocycles. The minimum Gasteiger partial charge on any atom is -0.355 e. The fourth-order valence-electron chi connectivity index (χ4n) is 4.45. The van der Waals surface area contributed by atoms with E-state index in [0.29, 0.717) is 18.3 Å². The van der Waals surface area contributed by atoms with Crippen molar-refractivity contribution in [3.63, 3.8) is 0 Å². The summed E-state index contributed by atoms with van der Waals surface area (Å²) in [5, 5.41) is 17.6. The van der Waals surface area contributed by atoms with Crippen LogP contribution in [0.5, 0.6) is 0 Å². The number of hydrogen-bond acceptors (Lipinski definition) is 7. The maximum absolute atomic E-state index is 12.3. The molecule has 0 saturated carbocycles. The number of nitrogens with zero attached hydrogens (tertiary/aromatic N) is 8. The van der Waals surface area contributed by atoms with E-state index in [1.807, 2.05) is 0 Å². The highest BCUT2D eigenvalue weighted by atomic mass is 16.1. The van der Waals surface area contributed by atoms with Gasteiger partial charge < -0.3 is 4.90 Å². The Morgan fingerprint density at radius 3 is 2.77 bits per heavy atom. The van der Waals surface area contributed by atoms with Gasteiger partial charge in [0.15, 0.2) is 11.6 Å². The van der Waals surface area contributed by atoms with E-state index in [0.717, 1.165) is 50.5 Å². The number of hydrogen-bond donors (Lipinski definition) is 0. The van der Waals surface area contributed by atoms with Crippen molar-refractivity contribution >= 4 is 5.82 Å². The molecule has 2 aliphatic rings. The predicted octanol–water partition coefficient (Wildman–Crippen LogP) is 1.66. The Hall–Kier alpha value is -3.10. The molecular formula is C21H26N8O. The van der Waals surface area contributed by atoms with Crippen molar-refractivity contribution in [2.75, 3.05) is 18.0 Å². The van der Waals surface area contributed by atoms with Crippen LogP contribution >= 0.6 is 0 Å². The van der Waals surface area contributed by atoms with Gasteiger partial charge in [-0.25, -0.2) is 14.3 Å². The molecule has 1 saturated heterocycles. The summed E-state index contributed by atoms with van der Waals surface area (Å²) in [4.78, 5) is 18.6. The number of rotatable bonds is 4. The Balaban J connectivity index is 1.24. The maximum Gasteiger partial charge on any atom is 0.266 e. The SMILES string of the molecule is CC1CCc2nnc(N3CCC(Cn4nc(-n5cncn5)ccc4=O)CC3)cc2C1. The Kier molecular flexibility index (Phi) is 5.02. The van der Waals surface area contributed by atoms with Crippen LogP contribution in [0.15, 0.2) is 35.6 Å². The van der Waals surface area contributed by atoms with Crippen molar-refractivity contribution in [2.24, 2.45) is 11.8 Å². The standard InChI is InChI=1S/C21H26N8O/c1-15-2-3-18-17(10-15)11-20(25-24-18)27-8-6-16(7-9-27)12-28-21(30)5-4-19(26-28)29-14-22-13-23-29/h4-5,11,13-16H,2-3,6-10,12H2,1H3. The Morgan fingerprint density at radius 1 is 1.10 bits per heavy atom. The minimum absolute atomic E-state index is 0.0871. The molecule has 1 fully saturated rings. The third-order valence-corrected chi connectivity index (χ3v) is 6.27. The largest absolute Gasteiger partial charge is 0.355 e. The molecule has 156 valence electrons. The van der Waals surface area contributed by atoms with Gasteiger partial charge >= 0.3 is 0 Å². The van der Waals surface area contributed by atoms with Gasteiger partial charge in [-0.3, -0.25) is 4.79 Å². The molecule has 1 unspecified atom stereocenters. The summed E-state index contributed by atoms with van der Waals surface area (Å²) in [7, 11) is 0. The normalized spacial score (nSPS) is 19.6. The van der Waals surface area contributed by atoms with Crippen LogP contribution in [0.4, 0.5) is 5.82 Å². The zero-order chi connectivity index (χ0) is 20.5. The summed E-state index contributed by atoms with van der Waals surface area (Å²) in [5.41, 5.74) is 2.45. The first-order chi connectivity index (χ1) is 14.7. The fourth-order valence-corrected chi connectivity index (χ4v) is 4.45. The second-order valence-corrected chi connectivity index (χ2v) is 8.50. The average Bonchev–Trinajstić information content (AvgIpc) is 3.30. The molecule has 0 bridgehead atoms. The van der Waals surface area contributed by atoms with Crippen molar-refractivity contribution in [1.29, 1.82) is 0 Å². The first-order valence-corrected chi connectivity index (χ1v) is 10.7. The van der Waals surface area contributed by atoms with Crippen molar-refractivity contribution in [3.8, 4) is 5.82 Å². The summed E-state index contributed by atoms with van der Waals surface area (Å²) in [5.74, 6) is 2.72.